The fourth-order valence-electron chi connectivity index (χ4n) is 2.33. The topological polar surface area (TPSA) is 83.6 Å². The Hall–Kier alpha value is -2.76. The number of methoxy groups -OCH3 is 1. The number of ketones is 1. The monoisotopic (exact) mass is 297 g/mol. The van der Waals surface area contributed by atoms with E-state index in [1.54, 1.807) is 25.3 Å². The Morgan fingerprint density at radius 3 is 2.50 bits per heavy atom. The number of hydrogen-bond acceptors (Lipinski definition) is 6. The molecule has 1 aromatic rings. The number of ether oxygens (including phenoxy) is 1. The summed E-state index contributed by atoms with van der Waals surface area (Å²) in [5, 5.41) is 18.0. The van der Waals surface area contributed by atoms with E-state index in [1.807, 2.05) is 13.8 Å². The second kappa shape index (κ2) is 5.22. The van der Waals surface area contributed by atoms with Crippen molar-refractivity contribution in [2.45, 2.75) is 13.8 Å². The molecular weight excluding hydrogens is 282 g/mol. The molecule has 3 rings (SSSR count). The number of carbonyl (C=O) groups excluding carboxylic acids is 1. The molecule has 0 radical (unpaired) electrons. The van der Waals surface area contributed by atoms with Crippen LogP contribution in [0.25, 0.3) is 5.76 Å². The number of nitrogens with zero attached hydrogens (tertiary/aromatic N) is 3. The number of aryl methyl sites for hydroxylation is 2. The third-order valence-electron chi connectivity index (χ3n) is 3.77. The van der Waals surface area contributed by atoms with Crippen LogP contribution < -0.4 is 0 Å². The van der Waals surface area contributed by atoms with Crippen molar-refractivity contribution in [3.05, 3.63) is 51.9 Å². The van der Waals surface area contributed by atoms with Crippen molar-refractivity contribution < 1.29 is 14.6 Å². The van der Waals surface area contributed by atoms with E-state index in [1.165, 1.54) is 0 Å². The molecule has 0 saturated carbocycles. The fourth-order valence-corrected chi connectivity index (χ4v) is 2.33. The molecule has 1 aromatic carbocycles. The van der Waals surface area contributed by atoms with Crippen molar-refractivity contribution in [2.75, 3.05) is 13.7 Å². The largest absolute Gasteiger partial charge is 0.505 e. The highest BCUT2D eigenvalue weighted by Gasteiger charge is 2.30. The molecule has 0 spiro atoms. The number of aliphatic imine (C=N–C) groups is 1. The number of azo groups is 1. The molecule has 1 N–H and O–H groups in total. The Morgan fingerprint density at radius 1 is 1.18 bits per heavy atom. The number of aliphatic hydroxyl groups excluding tert-OH is 1. The summed E-state index contributed by atoms with van der Waals surface area (Å²) < 4.78 is 5.05. The first-order valence-electron chi connectivity index (χ1n) is 6.81. The first-order chi connectivity index (χ1) is 10.5. The van der Waals surface area contributed by atoms with Gasteiger partial charge in [0.25, 0.3) is 0 Å². The maximum atomic E-state index is 12.3. The van der Waals surface area contributed by atoms with Crippen LogP contribution in [0.5, 0.6) is 0 Å². The minimum absolute atomic E-state index is 0.0537. The molecule has 6 nitrogen and oxygen atoms in total. The third-order valence-corrected chi connectivity index (χ3v) is 3.77. The van der Waals surface area contributed by atoms with E-state index in [0.717, 1.165) is 11.1 Å². The van der Waals surface area contributed by atoms with Gasteiger partial charge in [0.05, 0.1) is 13.7 Å². The van der Waals surface area contributed by atoms with Gasteiger partial charge in [0.15, 0.2) is 17.3 Å². The van der Waals surface area contributed by atoms with E-state index in [0.29, 0.717) is 29.3 Å². The quantitative estimate of drug-likeness (QED) is 0.851. The minimum Gasteiger partial charge on any atom is -0.505 e. The van der Waals surface area contributed by atoms with Gasteiger partial charge in [0, 0.05) is 17.2 Å². The zero-order valence-electron chi connectivity index (χ0n) is 12.5. The van der Waals surface area contributed by atoms with Gasteiger partial charge in [0.1, 0.15) is 5.76 Å². The van der Waals surface area contributed by atoms with Gasteiger partial charge in [-0.2, -0.15) is 0 Å². The summed E-state index contributed by atoms with van der Waals surface area (Å²) in [6, 6.07) is 3.55. The summed E-state index contributed by atoms with van der Waals surface area (Å²) in [6.45, 7) is 4.25. The normalized spacial score (nSPS) is 17.1. The Balaban J connectivity index is 1.93. The van der Waals surface area contributed by atoms with Gasteiger partial charge in [-0.25, -0.2) is 0 Å². The van der Waals surface area contributed by atoms with E-state index < -0.39 is 0 Å². The van der Waals surface area contributed by atoms with Crippen molar-refractivity contribution in [1.29, 1.82) is 0 Å². The van der Waals surface area contributed by atoms with Crippen molar-refractivity contribution >= 4 is 17.4 Å². The third kappa shape index (κ3) is 2.22. The first-order valence-corrected chi connectivity index (χ1v) is 6.81. The number of carbonyl (C=O) groups is 1. The number of aliphatic hydroxyl groups is 1. The highest BCUT2D eigenvalue weighted by molar-refractivity contribution is 6.19. The number of benzene rings is 1. The van der Waals surface area contributed by atoms with E-state index in [-0.39, 0.29) is 17.2 Å². The number of amidine groups is 1. The molecule has 112 valence electrons. The number of rotatable bonds is 2. The molecule has 1 aliphatic heterocycles. The second-order valence-corrected chi connectivity index (χ2v) is 5.20. The number of hydrogen-bond donors (Lipinski definition) is 1. The standard InChI is InChI=1S/C16H15N3O3/c1-8-4-11-12(5-9(8)2)16(21)14(15(11)20)19-18-13-6-10(22-3)7-17-13/h4-6,20H,7H2,1-3H3. The Bertz CT molecular complexity index is 801. The van der Waals surface area contributed by atoms with Gasteiger partial charge in [-0.1, -0.05) is 0 Å². The summed E-state index contributed by atoms with van der Waals surface area (Å²) in [6.07, 6.45) is 1.64. The molecule has 0 bridgehead atoms. The lowest BCUT2D eigenvalue weighted by atomic mass is 10.0. The van der Waals surface area contributed by atoms with E-state index in [9.17, 15) is 9.90 Å². The predicted octanol–water partition coefficient (Wildman–Crippen LogP) is 3.12. The number of fused-ring (bicyclic) bond motifs is 1. The molecule has 6 heteroatoms. The van der Waals surface area contributed by atoms with Crippen molar-refractivity contribution in [2.24, 2.45) is 15.2 Å². The molecule has 0 saturated heterocycles. The maximum Gasteiger partial charge on any atom is 0.217 e. The molecule has 0 fully saturated rings. The molecule has 0 atom stereocenters. The molecule has 0 aromatic heterocycles. The summed E-state index contributed by atoms with van der Waals surface area (Å²) in [5.41, 5.74) is 2.90. The lowest BCUT2D eigenvalue weighted by Gasteiger charge is -2.03. The van der Waals surface area contributed by atoms with Crippen LogP contribution in [0.3, 0.4) is 0 Å². The molecule has 2 aliphatic rings. The van der Waals surface area contributed by atoms with E-state index in [2.05, 4.69) is 15.2 Å². The zero-order chi connectivity index (χ0) is 15.9. The predicted molar refractivity (Wildman–Crippen MR) is 82.0 cm³/mol. The smallest absolute Gasteiger partial charge is 0.217 e. The lowest BCUT2D eigenvalue weighted by Crippen LogP contribution is -1.98. The van der Waals surface area contributed by atoms with Crippen LogP contribution in [0.1, 0.15) is 27.0 Å². The molecule has 0 amide bonds. The number of Topliss-reactive ketones (excluding diaryl/α,β-unsaturated/α-hetero) is 1. The Kier molecular flexibility index (Phi) is 3.36. The minimum atomic E-state index is -0.325. The second-order valence-electron chi connectivity index (χ2n) is 5.20. The van der Waals surface area contributed by atoms with Crippen LogP contribution in [0.2, 0.25) is 0 Å². The molecule has 0 unspecified atom stereocenters. The van der Waals surface area contributed by atoms with Gasteiger partial charge in [0.2, 0.25) is 5.78 Å². The molecule has 22 heavy (non-hydrogen) atoms. The molecular formula is C16H15N3O3. The van der Waals surface area contributed by atoms with Crippen molar-refractivity contribution in [3.63, 3.8) is 0 Å². The van der Waals surface area contributed by atoms with Gasteiger partial charge in [-0.15, -0.1) is 10.2 Å². The van der Waals surface area contributed by atoms with E-state index in [4.69, 9.17) is 4.74 Å². The molecule has 1 heterocycles. The summed E-state index contributed by atoms with van der Waals surface area (Å²) in [5.74, 6) is 0.586. The van der Waals surface area contributed by atoms with Crippen LogP contribution in [-0.2, 0) is 4.74 Å². The van der Waals surface area contributed by atoms with Gasteiger partial charge < -0.3 is 9.84 Å². The zero-order valence-corrected chi connectivity index (χ0v) is 12.5. The van der Waals surface area contributed by atoms with Crippen molar-refractivity contribution in [1.82, 2.24) is 0 Å². The fraction of sp³-hybridized carbons (Fsp3) is 0.250. The summed E-state index contributed by atoms with van der Waals surface area (Å²) in [7, 11) is 1.55. The average Bonchev–Trinajstić information content (AvgIpc) is 3.04. The highest BCUT2D eigenvalue weighted by Crippen LogP contribution is 2.33. The number of allylic oxidation sites excluding steroid dienone is 1. The highest BCUT2D eigenvalue weighted by atomic mass is 16.5. The lowest BCUT2D eigenvalue weighted by molar-refractivity contribution is 0.103. The first kappa shape index (κ1) is 14.2. The Morgan fingerprint density at radius 2 is 1.86 bits per heavy atom. The molecule has 1 aliphatic carbocycles. The van der Waals surface area contributed by atoms with Crippen LogP contribution in [0.4, 0.5) is 0 Å². The van der Waals surface area contributed by atoms with Crippen LogP contribution in [0, 0.1) is 13.8 Å². The van der Waals surface area contributed by atoms with Crippen molar-refractivity contribution in [3.8, 4) is 0 Å². The van der Waals surface area contributed by atoms with Gasteiger partial charge >= 0.3 is 0 Å². The van der Waals surface area contributed by atoms with E-state index >= 15 is 0 Å². The summed E-state index contributed by atoms with van der Waals surface area (Å²) in [4.78, 5) is 16.4. The van der Waals surface area contributed by atoms with Crippen LogP contribution in [0.15, 0.2) is 44.9 Å². The van der Waals surface area contributed by atoms with Gasteiger partial charge in [-0.3, -0.25) is 9.79 Å². The van der Waals surface area contributed by atoms with Gasteiger partial charge in [-0.05, 0) is 37.1 Å². The summed E-state index contributed by atoms with van der Waals surface area (Å²) >= 11 is 0. The Labute approximate surface area is 127 Å². The average molecular weight is 297 g/mol. The van der Waals surface area contributed by atoms with Crippen LogP contribution in [-0.4, -0.2) is 30.4 Å². The maximum absolute atomic E-state index is 12.3. The SMILES string of the molecule is COC1=CC(N=NC2=C(O)c3cc(C)c(C)cc3C2=O)=NC1. The van der Waals surface area contributed by atoms with Crippen LogP contribution >= 0.6 is 0 Å².